The topological polar surface area (TPSA) is 46.6 Å². The molecule has 0 aromatic heterocycles. The maximum Gasteiger partial charge on any atom is 0.334 e. The van der Waals surface area contributed by atoms with Crippen LogP contribution >= 0.6 is 0 Å². The maximum absolute atomic E-state index is 13.2. The van der Waals surface area contributed by atoms with Gasteiger partial charge in [-0.1, -0.05) is 57.5 Å². The lowest BCUT2D eigenvalue weighted by atomic mass is 9.75. The number of carbonyl (C=O) groups is 2. The average Bonchev–Trinajstić information content (AvgIpc) is 3.06. The number of likely N-dealkylation sites (tertiary alicyclic amines) is 1. The van der Waals surface area contributed by atoms with Crippen molar-refractivity contribution in [3.63, 3.8) is 0 Å². The van der Waals surface area contributed by atoms with Crippen LogP contribution in [0.25, 0.3) is 0 Å². The van der Waals surface area contributed by atoms with Gasteiger partial charge in [0, 0.05) is 13.1 Å². The summed E-state index contributed by atoms with van der Waals surface area (Å²) in [6.07, 6.45) is 5.35. The van der Waals surface area contributed by atoms with Crippen molar-refractivity contribution in [2.45, 2.75) is 71.1 Å². The van der Waals surface area contributed by atoms with E-state index in [1.54, 1.807) is 0 Å². The van der Waals surface area contributed by atoms with Crippen molar-refractivity contribution < 1.29 is 14.3 Å². The minimum Gasteiger partial charge on any atom is -0.460 e. The second-order valence-corrected chi connectivity index (χ2v) is 8.82. The molecule has 0 radical (unpaired) electrons. The molecule has 1 aromatic rings. The normalized spacial score (nSPS) is 31.8. The van der Waals surface area contributed by atoms with Crippen molar-refractivity contribution in [3.8, 4) is 0 Å². The summed E-state index contributed by atoms with van der Waals surface area (Å²) in [4.78, 5) is 27.4. The van der Waals surface area contributed by atoms with Crippen LogP contribution in [0.1, 0.15) is 58.4 Å². The molecule has 0 N–H and O–H groups in total. The molecule has 0 spiro atoms. The van der Waals surface area contributed by atoms with Crippen molar-refractivity contribution >= 4 is 12.3 Å². The SMILES string of the molecule is CC(C)[C@@H]1CC[C@@H](C)C[C@H]1OC(=O)C1(C=O)CCCN1Cc1ccccc1. The first kappa shape index (κ1) is 20.1. The van der Waals surface area contributed by atoms with Crippen molar-refractivity contribution in [3.05, 3.63) is 35.9 Å². The van der Waals surface area contributed by atoms with E-state index in [9.17, 15) is 9.59 Å². The zero-order valence-corrected chi connectivity index (χ0v) is 16.9. The van der Waals surface area contributed by atoms with Crippen LogP contribution in [0.15, 0.2) is 30.3 Å². The Kier molecular flexibility index (Phi) is 6.36. The summed E-state index contributed by atoms with van der Waals surface area (Å²) in [6.45, 7) is 7.98. The number of benzene rings is 1. The quantitative estimate of drug-likeness (QED) is 0.427. The molecule has 1 saturated carbocycles. The molecule has 27 heavy (non-hydrogen) atoms. The fourth-order valence-corrected chi connectivity index (χ4v) is 4.82. The predicted molar refractivity (Wildman–Crippen MR) is 106 cm³/mol. The monoisotopic (exact) mass is 371 g/mol. The van der Waals surface area contributed by atoms with Gasteiger partial charge >= 0.3 is 5.97 Å². The summed E-state index contributed by atoms with van der Waals surface area (Å²) in [6, 6.07) is 10.0. The highest BCUT2D eigenvalue weighted by Crippen LogP contribution is 2.38. The van der Waals surface area contributed by atoms with Crippen molar-refractivity contribution in [1.29, 1.82) is 0 Å². The summed E-state index contributed by atoms with van der Waals surface area (Å²) in [5, 5.41) is 0. The number of nitrogens with zero attached hydrogens (tertiary/aromatic N) is 1. The Bertz CT molecular complexity index is 644. The van der Waals surface area contributed by atoms with E-state index < -0.39 is 5.54 Å². The van der Waals surface area contributed by atoms with E-state index in [4.69, 9.17) is 4.74 Å². The fraction of sp³-hybridized carbons (Fsp3) is 0.652. The summed E-state index contributed by atoms with van der Waals surface area (Å²) >= 11 is 0. The highest BCUT2D eigenvalue weighted by Gasteiger charge is 2.50. The van der Waals surface area contributed by atoms with Crippen LogP contribution in [0.3, 0.4) is 0 Å². The molecule has 4 atom stereocenters. The van der Waals surface area contributed by atoms with Gasteiger partial charge in [-0.15, -0.1) is 0 Å². The molecule has 2 fully saturated rings. The molecule has 1 unspecified atom stereocenters. The molecule has 2 aliphatic rings. The largest absolute Gasteiger partial charge is 0.460 e. The number of aldehydes is 1. The lowest BCUT2D eigenvalue weighted by molar-refractivity contribution is -0.169. The molecular formula is C23H33NO3. The van der Waals surface area contributed by atoms with Crippen LogP contribution in [0.4, 0.5) is 0 Å². The molecule has 3 rings (SSSR count). The third-order valence-electron chi connectivity index (χ3n) is 6.53. The van der Waals surface area contributed by atoms with Crippen molar-refractivity contribution in [2.24, 2.45) is 17.8 Å². The molecule has 1 aliphatic carbocycles. The molecule has 4 nitrogen and oxygen atoms in total. The summed E-state index contributed by atoms with van der Waals surface area (Å²) in [5.41, 5.74) is -0.0114. The van der Waals surface area contributed by atoms with Gasteiger partial charge in [-0.2, -0.15) is 0 Å². The van der Waals surface area contributed by atoms with Gasteiger partial charge in [0.2, 0.25) is 0 Å². The minimum absolute atomic E-state index is 0.0720. The Labute approximate surface area is 163 Å². The number of hydrogen-bond donors (Lipinski definition) is 0. The van der Waals surface area contributed by atoms with E-state index in [1.807, 2.05) is 35.2 Å². The number of ether oxygens (including phenoxy) is 1. The number of rotatable bonds is 6. The summed E-state index contributed by atoms with van der Waals surface area (Å²) < 4.78 is 6.07. The van der Waals surface area contributed by atoms with E-state index in [-0.39, 0.29) is 12.1 Å². The van der Waals surface area contributed by atoms with Crippen molar-refractivity contribution in [1.82, 2.24) is 4.90 Å². The Balaban J connectivity index is 1.76. The minimum atomic E-state index is -1.13. The number of esters is 1. The first-order chi connectivity index (χ1) is 13.0. The fourth-order valence-electron chi connectivity index (χ4n) is 4.82. The molecule has 0 amide bonds. The average molecular weight is 372 g/mol. The first-order valence-electron chi connectivity index (χ1n) is 10.4. The van der Waals surface area contributed by atoms with Gasteiger partial charge in [0.15, 0.2) is 11.8 Å². The van der Waals surface area contributed by atoms with Crippen LogP contribution in [-0.4, -0.2) is 35.3 Å². The Morgan fingerprint density at radius 1 is 1.30 bits per heavy atom. The van der Waals surface area contributed by atoms with Gasteiger partial charge in [-0.25, -0.2) is 4.79 Å². The molecular weight excluding hydrogens is 338 g/mol. The predicted octanol–water partition coefficient (Wildman–Crippen LogP) is 4.22. The standard InChI is InChI=1S/C23H33NO3/c1-17(2)20-11-10-18(3)14-21(20)27-22(26)23(16-25)12-7-13-24(23)15-19-8-5-4-6-9-19/h4-6,8-9,16-18,20-21H,7,10-15H2,1-3H3/t18-,20+,21-,23?/m1/s1. The molecule has 1 aliphatic heterocycles. The molecule has 1 heterocycles. The van der Waals surface area contributed by atoms with Gasteiger partial charge in [0.1, 0.15) is 6.10 Å². The van der Waals surface area contributed by atoms with Crippen LogP contribution in [-0.2, 0) is 20.9 Å². The van der Waals surface area contributed by atoms with Gasteiger partial charge in [0.05, 0.1) is 0 Å². The highest BCUT2D eigenvalue weighted by molar-refractivity contribution is 5.98. The Hall–Kier alpha value is -1.68. The smallest absolute Gasteiger partial charge is 0.334 e. The zero-order chi connectivity index (χ0) is 19.4. The van der Waals surface area contributed by atoms with Gasteiger partial charge in [-0.3, -0.25) is 4.90 Å². The molecule has 1 saturated heterocycles. The van der Waals surface area contributed by atoms with Gasteiger partial charge < -0.3 is 9.53 Å². The van der Waals surface area contributed by atoms with Crippen LogP contribution in [0, 0.1) is 17.8 Å². The second kappa shape index (κ2) is 8.55. The highest BCUT2D eigenvalue weighted by atomic mass is 16.5. The maximum atomic E-state index is 13.2. The van der Waals surface area contributed by atoms with Crippen LogP contribution < -0.4 is 0 Å². The number of carbonyl (C=O) groups excluding carboxylic acids is 2. The Morgan fingerprint density at radius 3 is 2.70 bits per heavy atom. The van der Waals surface area contributed by atoms with Crippen LogP contribution in [0.2, 0.25) is 0 Å². The lowest BCUT2D eigenvalue weighted by Crippen LogP contribution is -2.54. The molecule has 4 heteroatoms. The van der Waals surface area contributed by atoms with E-state index in [0.717, 1.165) is 37.7 Å². The van der Waals surface area contributed by atoms with Crippen LogP contribution in [0.5, 0.6) is 0 Å². The lowest BCUT2D eigenvalue weighted by Gasteiger charge is -2.39. The summed E-state index contributed by atoms with van der Waals surface area (Å²) in [5.74, 6) is 1.09. The van der Waals surface area contributed by atoms with Crippen molar-refractivity contribution in [2.75, 3.05) is 6.54 Å². The van der Waals surface area contributed by atoms with E-state index in [2.05, 4.69) is 20.8 Å². The molecule has 1 aromatic carbocycles. The third kappa shape index (κ3) is 4.26. The molecule has 0 bridgehead atoms. The Morgan fingerprint density at radius 2 is 2.04 bits per heavy atom. The first-order valence-corrected chi connectivity index (χ1v) is 10.4. The van der Waals surface area contributed by atoms with E-state index in [0.29, 0.717) is 30.7 Å². The van der Waals surface area contributed by atoms with E-state index in [1.165, 1.54) is 6.42 Å². The second-order valence-electron chi connectivity index (χ2n) is 8.82. The van der Waals surface area contributed by atoms with E-state index >= 15 is 0 Å². The van der Waals surface area contributed by atoms with Gasteiger partial charge in [-0.05, 0) is 49.0 Å². The molecule has 148 valence electrons. The third-order valence-corrected chi connectivity index (χ3v) is 6.53. The number of hydrogen-bond acceptors (Lipinski definition) is 4. The summed E-state index contributed by atoms with van der Waals surface area (Å²) in [7, 11) is 0. The zero-order valence-electron chi connectivity index (χ0n) is 16.9. The van der Waals surface area contributed by atoms with Gasteiger partial charge in [0.25, 0.3) is 0 Å².